The van der Waals surface area contributed by atoms with E-state index in [0.717, 1.165) is 53.9 Å². The number of rotatable bonds is 2. The van der Waals surface area contributed by atoms with Gasteiger partial charge in [-0.25, -0.2) is 9.18 Å². The zero-order valence-corrected chi connectivity index (χ0v) is 20.3. The van der Waals surface area contributed by atoms with Gasteiger partial charge in [-0.1, -0.05) is 43.2 Å². The van der Waals surface area contributed by atoms with Crippen LogP contribution in [0.1, 0.15) is 43.4 Å². The van der Waals surface area contributed by atoms with E-state index in [1.807, 2.05) is 18.2 Å². The van der Waals surface area contributed by atoms with Crippen molar-refractivity contribution in [1.82, 2.24) is 4.57 Å². The fourth-order valence-corrected chi connectivity index (χ4v) is 6.85. The Labute approximate surface area is 206 Å². The summed E-state index contributed by atoms with van der Waals surface area (Å²) in [7, 11) is 0. The first-order valence-electron chi connectivity index (χ1n) is 11.1. The molecule has 1 fully saturated rings. The van der Waals surface area contributed by atoms with Crippen molar-refractivity contribution in [3.8, 4) is 11.4 Å². The summed E-state index contributed by atoms with van der Waals surface area (Å²) in [6.07, 6.45) is 4.55. The van der Waals surface area contributed by atoms with Gasteiger partial charge in [0, 0.05) is 26.5 Å². The average Bonchev–Trinajstić information content (AvgIpc) is 3.07. The van der Waals surface area contributed by atoms with Crippen LogP contribution in [0, 0.1) is 5.82 Å². The minimum absolute atomic E-state index is 0.0495. The van der Waals surface area contributed by atoms with Gasteiger partial charge in [-0.15, -0.1) is 0 Å². The molecule has 4 aromatic rings. The van der Waals surface area contributed by atoms with Crippen molar-refractivity contribution in [1.29, 1.82) is 0 Å². The van der Waals surface area contributed by atoms with Crippen LogP contribution in [0.5, 0.6) is 5.75 Å². The molecular formula is C26H19BrFNO4S. The molecule has 1 N–H and O–H groups in total. The SMILES string of the molecule is O=c1oc2cc3n(c(=O)c2c(O)c1Sc1ccccc1Br)-c1ccc(F)cc1C31CCCCC1. The van der Waals surface area contributed by atoms with E-state index in [1.165, 1.54) is 12.1 Å². The first kappa shape index (κ1) is 21.7. The van der Waals surface area contributed by atoms with Crippen LogP contribution in [0.2, 0.25) is 0 Å². The Morgan fingerprint density at radius 3 is 2.59 bits per heavy atom. The maximum atomic E-state index is 14.3. The van der Waals surface area contributed by atoms with Crippen molar-refractivity contribution >= 4 is 38.7 Å². The molecule has 6 rings (SSSR count). The molecule has 1 aliphatic carbocycles. The molecule has 1 aliphatic heterocycles. The molecule has 34 heavy (non-hydrogen) atoms. The predicted molar refractivity (Wildman–Crippen MR) is 132 cm³/mol. The molecule has 0 radical (unpaired) electrons. The second kappa shape index (κ2) is 7.85. The van der Waals surface area contributed by atoms with Gasteiger partial charge in [0.1, 0.15) is 21.7 Å². The summed E-state index contributed by atoms with van der Waals surface area (Å²) in [6.45, 7) is 0. The quantitative estimate of drug-likeness (QED) is 0.325. The summed E-state index contributed by atoms with van der Waals surface area (Å²) >= 11 is 4.47. The van der Waals surface area contributed by atoms with E-state index in [2.05, 4.69) is 15.9 Å². The average molecular weight is 540 g/mol. The second-order valence-corrected chi connectivity index (χ2v) is 10.7. The Morgan fingerprint density at radius 2 is 1.82 bits per heavy atom. The molecule has 2 aromatic carbocycles. The standard InChI is InChI=1S/C26H19BrFNO4S/c27-16-6-2-3-7-19(16)34-23-22(30)21-18(33-25(23)32)13-20-26(10-4-1-5-11-26)15-12-14(28)8-9-17(15)29(20)24(21)31/h2-3,6-9,12-13,30H,1,4-5,10-11H2. The number of aromatic hydroxyl groups is 1. The van der Waals surface area contributed by atoms with Crippen LogP contribution in [-0.4, -0.2) is 9.67 Å². The summed E-state index contributed by atoms with van der Waals surface area (Å²) in [5.41, 5.74) is 0.444. The summed E-state index contributed by atoms with van der Waals surface area (Å²) in [4.78, 5) is 27.4. The van der Waals surface area contributed by atoms with Gasteiger partial charge < -0.3 is 9.52 Å². The molecule has 3 heterocycles. The van der Waals surface area contributed by atoms with Crippen LogP contribution in [0.3, 0.4) is 0 Å². The first-order valence-corrected chi connectivity index (χ1v) is 12.7. The molecule has 2 aliphatic rings. The van der Waals surface area contributed by atoms with E-state index < -0.39 is 22.3 Å². The van der Waals surface area contributed by atoms with Gasteiger partial charge >= 0.3 is 5.63 Å². The fourth-order valence-electron chi connectivity index (χ4n) is 5.47. The van der Waals surface area contributed by atoms with Crippen molar-refractivity contribution in [2.45, 2.75) is 47.3 Å². The lowest BCUT2D eigenvalue weighted by atomic mass is 9.68. The number of benzene rings is 2. The van der Waals surface area contributed by atoms with Crippen LogP contribution >= 0.6 is 27.7 Å². The third kappa shape index (κ3) is 3.04. The normalized spacial score (nSPS) is 16.1. The highest BCUT2D eigenvalue weighted by Crippen LogP contribution is 2.52. The number of hydrogen-bond donors (Lipinski definition) is 1. The van der Waals surface area contributed by atoms with Gasteiger partial charge in [-0.05, 0) is 64.7 Å². The van der Waals surface area contributed by atoms with Crippen molar-refractivity contribution < 1.29 is 13.9 Å². The highest BCUT2D eigenvalue weighted by Gasteiger charge is 2.45. The zero-order valence-electron chi connectivity index (χ0n) is 17.9. The van der Waals surface area contributed by atoms with Gasteiger partial charge in [-0.2, -0.15) is 0 Å². The van der Waals surface area contributed by atoms with E-state index in [4.69, 9.17) is 4.42 Å². The molecule has 1 saturated carbocycles. The summed E-state index contributed by atoms with van der Waals surface area (Å²) in [6, 6.07) is 13.4. The van der Waals surface area contributed by atoms with Gasteiger partial charge in [-0.3, -0.25) is 9.36 Å². The molecule has 0 unspecified atom stereocenters. The first-order chi connectivity index (χ1) is 16.4. The highest BCUT2D eigenvalue weighted by atomic mass is 79.9. The Balaban J connectivity index is 1.64. The van der Waals surface area contributed by atoms with Crippen molar-refractivity contribution in [2.24, 2.45) is 0 Å². The van der Waals surface area contributed by atoms with Crippen LogP contribution < -0.4 is 11.2 Å². The molecule has 2 aromatic heterocycles. The monoisotopic (exact) mass is 539 g/mol. The lowest BCUT2D eigenvalue weighted by molar-refractivity contribution is 0.345. The van der Waals surface area contributed by atoms with Gasteiger partial charge in [0.15, 0.2) is 5.75 Å². The van der Waals surface area contributed by atoms with Crippen molar-refractivity contribution in [3.63, 3.8) is 0 Å². The van der Waals surface area contributed by atoms with E-state index in [9.17, 15) is 19.1 Å². The summed E-state index contributed by atoms with van der Waals surface area (Å²) < 4.78 is 22.2. The van der Waals surface area contributed by atoms with E-state index >= 15 is 0 Å². The lowest BCUT2D eigenvalue weighted by Gasteiger charge is -2.34. The minimum Gasteiger partial charge on any atom is -0.505 e. The number of halogens is 2. The number of pyridine rings is 1. The third-order valence-corrected chi connectivity index (χ3v) is 9.07. The Hall–Kier alpha value is -2.84. The predicted octanol–water partition coefficient (Wildman–Crippen LogP) is 6.27. The molecule has 172 valence electrons. The highest BCUT2D eigenvalue weighted by molar-refractivity contribution is 9.10. The number of aromatic nitrogens is 1. The van der Waals surface area contributed by atoms with Gasteiger partial charge in [0.25, 0.3) is 5.56 Å². The number of nitrogens with zero attached hydrogens (tertiary/aromatic N) is 1. The number of fused-ring (bicyclic) bond motifs is 6. The van der Waals surface area contributed by atoms with E-state index in [-0.39, 0.29) is 21.7 Å². The fraction of sp³-hybridized carbons (Fsp3) is 0.231. The second-order valence-electron chi connectivity index (χ2n) is 8.81. The maximum Gasteiger partial charge on any atom is 0.354 e. The van der Waals surface area contributed by atoms with Crippen LogP contribution in [0.4, 0.5) is 4.39 Å². The van der Waals surface area contributed by atoms with Crippen molar-refractivity contribution in [2.75, 3.05) is 0 Å². The zero-order chi connectivity index (χ0) is 23.6. The Bertz CT molecular complexity index is 1600. The molecule has 0 bridgehead atoms. The van der Waals surface area contributed by atoms with Gasteiger partial charge in [0.05, 0.1) is 5.69 Å². The van der Waals surface area contributed by atoms with E-state index in [0.29, 0.717) is 16.3 Å². The van der Waals surface area contributed by atoms with E-state index in [1.54, 1.807) is 22.8 Å². The van der Waals surface area contributed by atoms with Crippen LogP contribution in [0.15, 0.2) is 76.8 Å². The molecule has 5 nitrogen and oxygen atoms in total. The smallest absolute Gasteiger partial charge is 0.354 e. The third-order valence-electron chi connectivity index (χ3n) is 6.97. The lowest BCUT2D eigenvalue weighted by Crippen LogP contribution is -2.31. The molecular weight excluding hydrogens is 521 g/mol. The van der Waals surface area contributed by atoms with Crippen molar-refractivity contribution in [3.05, 3.63) is 90.9 Å². The maximum absolute atomic E-state index is 14.3. The summed E-state index contributed by atoms with van der Waals surface area (Å²) in [5, 5.41) is 11.1. The van der Waals surface area contributed by atoms with Gasteiger partial charge in [0.2, 0.25) is 0 Å². The molecule has 8 heteroatoms. The topological polar surface area (TPSA) is 72.4 Å². The Morgan fingerprint density at radius 1 is 1.06 bits per heavy atom. The largest absolute Gasteiger partial charge is 0.505 e. The molecule has 0 saturated heterocycles. The molecule has 0 amide bonds. The Kier molecular flexibility index (Phi) is 5.00. The molecule has 0 atom stereocenters. The van der Waals surface area contributed by atoms with Crippen LogP contribution in [-0.2, 0) is 5.41 Å². The summed E-state index contributed by atoms with van der Waals surface area (Å²) in [5.74, 6) is -0.754. The minimum atomic E-state index is -0.714. The molecule has 1 spiro atoms. The number of hydrogen-bond acceptors (Lipinski definition) is 5. The van der Waals surface area contributed by atoms with Crippen LogP contribution in [0.25, 0.3) is 16.7 Å².